The van der Waals surface area contributed by atoms with Crippen LogP contribution >= 0.6 is 11.3 Å². The normalized spacial score (nSPS) is 16.1. The predicted octanol–water partition coefficient (Wildman–Crippen LogP) is 2.75. The largest absolute Gasteiger partial charge is 0.316 e. The van der Waals surface area contributed by atoms with E-state index >= 15 is 0 Å². The van der Waals surface area contributed by atoms with Crippen LogP contribution in [-0.4, -0.2) is 10.9 Å². The van der Waals surface area contributed by atoms with Gasteiger partial charge in [0.15, 0.2) is 0 Å². The van der Waals surface area contributed by atoms with Gasteiger partial charge < -0.3 is 5.32 Å². The van der Waals surface area contributed by atoms with Crippen molar-refractivity contribution >= 4 is 22.2 Å². The number of carbonyl (C=O) groups is 1. The van der Waals surface area contributed by atoms with Crippen molar-refractivity contribution in [1.29, 1.82) is 0 Å². The summed E-state index contributed by atoms with van der Waals surface area (Å²) >= 11 is 1.62. The fraction of sp³-hybridized carbons (Fsp3) is 0.636. The monoisotopic (exact) mass is 224 g/mol. The van der Waals surface area contributed by atoms with E-state index < -0.39 is 0 Å². The molecule has 0 saturated heterocycles. The molecule has 1 saturated carbocycles. The third kappa shape index (κ3) is 2.56. The second kappa shape index (κ2) is 4.31. The lowest BCUT2D eigenvalue weighted by molar-refractivity contribution is -0.114. The molecule has 3 nitrogen and oxygen atoms in total. The molecule has 0 unspecified atom stereocenters. The molecule has 1 fully saturated rings. The molecular formula is C11H16N2OS. The van der Waals surface area contributed by atoms with Crippen molar-refractivity contribution in [2.45, 2.75) is 39.5 Å². The molecule has 1 N–H and O–H groups in total. The Hall–Kier alpha value is -0.900. The lowest BCUT2D eigenvalue weighted by atomic mass is 9.83. The lowest BCUT2D eigenvalue weighted by Gasteiger charge is -2.23. The number of hydrogen-bond donors (Lipinski definition) is 1. The average molecular weight is 224 g/mol. The van der Waals surface area contributed by atoms with Crippen molar-refractivity contribution in [3.8, 4) is 0 Å². The second-order valence-electron chi connectivity index (χ2n) is 4.20. The first-order valence-corrected chi connectivity index (χ1v) is 6.20. The van der Waals surface area contributed by atoms with E-state index in [9.17, 15) is 4.79 Å². The van der Waals surface area contributed by atoms with Crippen LogP contribution in [0.4, 0.5) is 5.00 Å². The van der Waals surface area contributed by atoms with Crippen LogP contribution in [0.5, 0.6) is 0 Å². The highest BCUT2D eigenvalue weighted by atomic mass is 32.1. The number of aromatic nitrogens is 1. The summed E-state index contributed by atoms with van der Waals surface area (Å²) in [4.78, 5) is 15.4. The summed E-state index contributed by atoms with van der Waals surface area (Å²) in [7, 11) is 0. The first kappa shape index (κ1) is 10.6. The van der Waals surface area contributed by atoms with Crippen LogP contribution < -0.4 is 5.32 Å². The minimum absolute atomic E-state index is 0.0167. The molecule has 1 heterocycles. The summed E-state index contributed by atoms with van der Waals surface area (Å²) in [5, 5.41) is 4.90. The molecule has 1 aliphatic carbocycles. The van der Waals surface area contributed by atoms with Gasteiger partial charge in [-0.3, -0.25) is 4.79 Å². The van der Waals surface area contributed by atoms with Gasteiger partial charge in [-0.1, -0.05) is 19.3 Å². The highest BCUT2D eigenvalue weighted by Crippen LogP contribution is 2.33. The van der Waals surface area contributed by atoms with E-state index in [0.717, 1.165) is 23.0 Å². The van der Waals surface area contributed by atoms with Gasteiger partial charge >= 0.3 is 0 Å². The molecular weight excluding hydrogens is 208 g/mol. The van der Waals surface area contributed by atoms with Crippen LogP contribution in [0.3, 0.4) is 0 Å². The van der Waals surface area contributed by atoms with E-state index in [2.05, 4.69) is 10.3 Å². The molecule has 0 spiro atoms. The number of nitrogens with one attached hydrogen (secondary N) is 1. The van der Waals surface area contributed by atoms with E-state index in [0.29, 0.717) is 0 Å². The summed E-state index contributed by atoms with van der Waals surface area (Å²) in [5.74, 6) is 0.817. The molecule has 1 aromatic rings. The molecule has 2 rings (SSSR count). The Labute approximate surface area is 93.9 Å². The summed E-state index contributed by atoms with van der Waals surface area (Å²) in [6.45, 7) is 3.48. The molecule has 1 amide bonds. The highest BCUT2D eigenvalue weighted by Gasteiger charge is 2.20. The van der Waals surface area contributed by atoms with Gasteiger partial charge in [0.05, 0.1) is 10.7 Å². The van der Waals surface area contributed by atoms with Gasteiger partial charge in [0.1, 0.15) is 5.00 Å². The third-order valence-corrected chi connectivity index (χ3v) is 3.91. The average Bonchev–Trinajstić information content (AvgIpc) is 2.39. The molecule has 0 atom stereocenters. The lowest BCUT2D eigenvalue weighted by Crippen LogP contribution is -2.13. The van der Waals surface area contributed by atoms with Crippen LogP contribution in [0.25, 0.3) is 0 Å². The topological polar surface area (TPSA) is 42.0 Å². The van der Waals surface area contributed by atoms with Crippen molar-refractivity contribution in [2.24, 2.45) is 5.92 Å². The van der Waals surface area contributed by atoms with E-state index in [1.807, 2.05) is 6.92 Å². The fourth-order valence-corrected chi connectivity index (χ4v) is 2.88. The van der Waals surface area contributed by atoms with Gasteiger partial charge in [-0.25, -0.2) is 4.98 Å². The maximum Gasteiger partial charge on any atom is 0.221 e. The van der Waals surface area contributed by atoms with Crippen LogP contribution in [0, 0.1) is 12.8 Å². The molecule has 0 aliphatic heterocycles. The molecule has 82 valence electrons. The van der Waals surface area contributed by atoms with Gasteiger partial charge in [-0.15, -0.1) is 11.3 Å². The number of thiazole rings is 1. The predicted molar refractivity (Wildman–Crippen MR) is 62.2 cm³/mol. The summed E-state index contributed by atoms with van der Waals surface area (Å²) < 4.78 is 0. The first-order valence-electron chi connectivity index (χ1n) is 5.39. The number of nitrogens with zero attached hydrogens (tertiary/aromatic N) is 1. The van der Waals surface area contributed by atoms with E-state index in [1.54, 1.807) is 11.3 Å². The van der Waals surface area contributed by atoms with E-state index in [4.69, 9.17) is 0 Å². The number of amides is 1. The SMILES string of the molecule is CC(=O)Nc1sc(CC2CCC2)nc1C. The van der Waals surface area contributed by atoms with Crippen LogP contribution in [0.1, 0.15) is 36.9 Å². The zero-order valence-electron chi connectivity index (χ0n) is 9.17. The maximum absolute atomic E-state index is 10.9. The minimum Gasteiger partial charge on any atom is -0.316 e. The Morgan fingerprint density at radius 2 is 2.33 bits per heavy atom. The van der Waals surface area contributed by atoms with E-state index in [-0.39, 0.29) is 5.91 Å². The van der Waals surface area contributed by atoms with Gasteiger partial charge in [-0.05, 0) is 12.8 Å². The van der Waals surface area contributed by atoms with Crippen molar-refractivity contribution < 1.29 is 4.79 Å². The Morgan fingerprint density at radius 1 is 1.60 bits per heavy atom. The van der Waals surface area contributed by atoms with Crippen molar-refractivity contribution in [3.05, 3.63) is 10.7 Å². The maximum atomic E-state index is 10.9. The standard InChI is InChI=1S/C11H16N2OS/c1-7-11(13-8(2)14)15-10(12-7)6-9-4-3-5-9/h9H,3-6H2,1-2H3,(H,13,14). The Balaban J connectivity index is 2.02. The molecule has 0 radical (unpaired) electrons. The van der Waals surface area contributed by atoms with Gasteiger partial charge in [0, 0.05) is 13.3 Å². The van der Waals surface area contributed by atoms with E-state index in [1.165, 1.54) is 31.2 Å². The van der Waals surface area contributed by atoms with Crippen LogP contribution in [0.2, 0.25) is 0 Å². The Bertz CT molecular complexity index is 369. The molecule has 15 heavy (non-hydrogen) atoms. The fourth-order valence-electron chi connectivity index (χ4n) is 1.76. The molecule has 0 aromatic carbocycles. The van der Waals surface area contributed by atoms with Crippen LogP contribution in [0.15, 0.2) is 0 Å². The van der Waals surface area contributed by atoms with Crippen LogP contribution in [-0.2, 0) is 11.2 Å². The number of carbonyl (C=O) groups excluding carboxylic acids is 1. The smallest absolute Gasteiger partial charge is 0.221 e. The summed E-state index contributed by atoms with van der Waals surface area (Å²) in [5.41, 5.74) is 0.949. The number of anilines is 1. The third-order valence-electron chi connectivity index (χ3n) is 2.82. The zero-order valence-corrected chi connectivity index (χ0v) is 9.99. The van der Waals surface area contributed by atoms with Crippen molar-refractivity contribution in [2.75, 3.05) is 5.32 Å². The van der Waals surface area contributed by atoms with Gasteiger partial charge in [0.25, 0.3) is 0 Å². The first-order chi connectivity index (χ1) is 7.15. The Kier molecular flexibility index (Phi) is 3.05. The molecule has 1 aliphatic rings. The van der Waals surface area contributed by atoms with Gasteiger partial charge in [-0.2, -0.15) is 0 Å². The molecule has 1 aromatic heterocycles. The highest BCUT2D eigenvalue weighted by molar-refractivity contribution is 7.16. The van der Waals surface area contributed by atoms with Crippen molar-refractivity contribution in [3.63, 3.8) is 0 Å². The second-order valence-corrected chi connectivity index (χ2v) is 5.29. The molecule has 0 bridgehead atoms. The zero-order chi connectivity index (χ0) is 10.8. The quantitative estimate of drug-likeness (QED) is 0.857. The Morgan fingerprint density at radius 3 is 2.87 bits per heavy atom. The summed E-state index contributed by atoms with van der Waals surface area (Å²) in [6, 6.07) is 0. The summed E-state index contributed by atoms with van der Waals surface area (Å²) in [6.07, 6.45) is 5.14. The number of rotatable bonds is 3. The van der Waals surface area contributed by atoms with Gasteiger partial charge in [0.2, 0.25) is 5.91 Å². The molecule has 4 heteroatoms. The minimum atomic E-state index is -0.0167. The number of aryl methyl sites for hydroxylation is 1. The number of hydrogen-bond acceptors (Lipinski definition) is 3. The van der Waals surface area contributed by atoms with Crippen molar-refractivity contribution in [1.82, 2.24) is 4.98 Å².